The second-order valence-corrected chi connectivity index (χ2v) is 8.87. The summed E-state index contributed by atoms with van der Waals surface area (Å²) < 4.78 is 39.9. The molecule has 0 spiro atoms. The number of thioether (sulfide) groups is 1. The van der Waals surface area contributed by atoms with Crippen LogP contribution in [-0.4, -0.2) is 51.0 Å². The zero-order chi connectivity index (χ0) is 23.4. The van der Waals surface area contributed by atoms with Crippen LogP contribution in [0.15, 0.2) is 35.6 Å². The number of nitrogens with one attached hydrogen (secondary N) is 1. The maximum atomic E-state index is 12.7. The van der Waals surface area contributed by atoms with Gasteiger partial charge in [-0.15, -0.1) is 0 Å². The molecule has 11 heteroatoms. The number of rotatable bonds is 8. The maximum absolute atomic E-state index is 12.7. The molecule has 7 nitrogen and oxygen atoms in total. The molecule has 0 atom stereocenters. The van der Waals surface area contributed by atoms with Crippen LogP contribution in [0.3, 0.4) is 0 Å². The highest BCUT2D eigenvalue weighted by Crippen LogP contribution is 2.30. The van der Waals surface area contributed by atoms with Gasteiger partial charge < -0.3 is 10.2 Å². The molecule has 2 aromatic heterocycles. The number of carbonyl (C=O) groups is 1. The van der Waals surface area contributed by atoms with Crippen LogP contribution in [0, 0.1) is 0 Å². The molecule has 1 aromatic carbocycles. The first-order valence-electron chi connectivity index (χ1n) is 10.9. The number of hydrogen-bond donors (Lipinski definition) is 1. The molecule has 0 unspecified atom stereocenters. The zero-order valence-corrected chi connectivity index (χ0v) is 19.0. The topological polar surface area (TPSA) is 75.9 Å². The van der Waals surface area contributed by atoms with Crippen molar-refractivity contribution in [2.24, 2.45) is 0 Å². The average molecular weight is 479 g/mol. The zero-order valence-electron chi connectivity index (χ0n) is 18.2. The number of halogens is 3. The van der Waals surface area contributed by atoms with E-state index in [1.165, 1.54) is 12.1 Å². The predicted molar refractivity (Wildman–Crippen MR) is 122 cm³/mol. The Labute approximate surface area is 193 Å². The van der Waals surface area contributed by atoms with Crippen LogP contribution in [0.25, 0.3) is 11.0 Å². The Balaban J connectivity index is 1.47. The number of amides is 1. The number of benzene rings is 1. The summed E-state index contributed by atoms with van der Waals surface area (Å²) in [6, 6.07) is 4.16. The van der Waals surface area contributed by atoms with E-state index in [2.05, 4.69) is 22.2 Å². The van der Waals surface area contributed by atoms with Gasteiger partial charge in [-0.1, -0.05) is 18.7 Å². The van der Waals surface area contributed by atoms with Crippen molar-refractivity contribution in [2.75, 3.05) is 30.3 Å². The molecule has 1 fully saturated rings. The molecular weight excluding hydrogens is 453 g/mol. The van der Waals surface area contributed by atoms with Crippen molar-refractivity contribution in [1.29, 1.82) is 0 Å². The smallest absolute Gasteiger partial charge is 0.356 e. The first-order chi connectivity index (χ1) is 15.9. The van der Waals surface area contributed by atoms with Gasteiger partial charge in [0.15, 0.2) is 10.8 Å². The van der Waals surface area contributed by atoms with E-state index in [1.807, 2.05) is 0 Å². The Hall–Kier alpha value is -2.82. The van der Waals surface area contributed by atoms with Crippen LogP contribution in [0.5, 0.6) is 0 Å². The van der Waals surface area contributed by atoms with Crippen molar-refractivity contribution in [3.63, 3.8) is 0 Å². The molecule has 176 valence electrons. The van der Waals surface area contributed by atoms with E-state index in [-0.39, 0.29) is 12.1 Å². The first-order valence-corrected chi connectivity index (χ1v) is 11.9. The third-order valence-corrected chi connectivity index (χ3v) is 6.43. The third kappa shape index (κ3) is 5.40. The summed E-state index contributed by atoms with van der Waals surface area (Å²) >= 11 is 1.61. The molecule has 4 rings (SSSR count). The van der Waals surface area contributed by atoms with Gasteiger partial charge >= 0.3 is 6.18 Å². The molecule has 3 heterocycles. The van der Waals surface area contributed by atoms with Crippen LogP contribution >= 0.6 is 11.8 Å². The minimum Gasteiger partial charge on any atom is -0.356 e. The average Bonchev–Trinajstić information content (AvgIpc) is 3.47. The molecule has 1 aliphatic heterocycles. The number of carbonyl (C=O) groups excluding carboxylic acids is 1. The van der Waals surface area contributed by atoms with Gasteiger partial charge in [0.1, 0.15) is 5.82 Å². The van der Waals surface area contributed by atoms with Crippen LogP contribution in [-0.2, 0) is 12.7 Å². The van der Waals surface area contributed by atoms with Gasteiger partial charge in [0.25, 0.3) is 5.91 Å². The lowest BCUT2D eigenvalue weighted by atomic mass is 10.1. The van der Waals surface area contributed by atoms with E-state index < -0.39 is 17.6 Å². The molecule has 1 amide bonds. The van der Waals surface area contributed by atoms with Crippen molar-refractivity contribution in [3.05, 3.63) is 41.6 Å². The van der Waals surface area contributed by atoms with Crippen LogP contribution in [0.2, 0.25) is 0 Å². The summed E-state index contributed by atoms with van der Waals surface area (Å²) in [5, 5.41) is 8.79. The summed E-state index contributed by atoms with van der Waals surface area (Å²) in [4.78, 5) is 24.1. The predicted octanol–water partition coefficient (Wildman–Crippen LogP) is 4.38. The molecular formula is C22H25F3N6OS. The molecule has 1 saturated heterocycles. The van der Waals surface area contributed by atoms with Crippen molar-refractivity contribution >= 4 is 34.5 Å². The van der Waals surface area contributed by atoms with Gasteiger partial charge in [-0.05, 0) is 43.5 Å². The molecule has 0 bridgehead atoms. The molecule has 0 radical (unpaired) electrons. The molecule has 1 aliphatic rings. The van der Waals surface area contributed by atoms with E-state index in [0.29, 0.717) is 17.3 Å². The van der Waals surface area contributed by atoms with Gasteiger partial charge in [0.2, 0.25) is 0 Å². The summed E-state index contributed by atoms with van der Waals surface area (Å²) in [5.41, 5.74) is 0.104. The normalized spacial score (nSPS) is 14.2. The quantitative estimate of drug-likeness (QED) is 0.383. The minimum atomic E-state index is -4.43. The van der Waals surface area contributed by atoms with Gasteiger partial charge in [-0.2, -0.15) is 18.3 Å². The van der Waals surface area contributed by atoms with Crippen LogP contribution in [0.1, 0.15) is 42.1 Å². The fourth-order valence-corrected chi connectivity index (χ4v) is 4.39. The molecule has 33 heavy (non-hydrogen) atoms. The monoisotopic (exact) mass is 478 g/mol. The number of nitrogens with zero attached hydrogens (tertiary/aromatic N) is 5. The Morgan fingerprint density at radius 1 is 1.15 bits per heavy atom. The second kappa shape index (κ2) is 9.98. The number of alkyl halides is 3. The maximum Gasteiger partial charge on any atom is 0.416 e. The lowest BCUT2D eigenvalue weighted by Crippen LogP contribution is -2.27. The summed E-state index contributed by atoms with van der Waals surface area (Å²) in [6.07, 6.45) is 0.607. The highest BCUT2D eigenvalue weighted by molar-refractivity contribution is 7.99. The van der Waals surface area contributed by atoms with E-state index in [9.17, 15) is 18.0 Å². The van der Waals surface area contributed by atoms with E-state index in [1.54, 1.807) is 22.6 Å². The van der Waals surface area contributed by atoms with Crippen molar-refractivity contribution < 1.29 is 18.0 Å². The fourth-order valence-electron chi connectivity index (χ4n) is 3.70. The summed E-state index contributed by atoms with van der Waals surface area (Å²) in [5.74, 6) is 1.38. The van der Waals surface area contributed by atoms with E-state index >= 15 is 0 Å². The minimum absolute atomic E-state index is 0.171. The van der Waals surface area contributed by atoms with Crippen molar-refractivity contribution in [3.8, 4) is 0 Å². The van der Waals surface area contributed by atoms with Gasteiger partial charge in [0, 0.05) is 31.0 Å². The molecule has 0 aliphatic carbocycles. The van der Waals surface area contributed by atoms with Crippen molar-refractivity contribution in [2.45, 2.75) is 44.1 Å². The fraction of sp³-hybridized carbons (Fsp3) is 0.455. The SMILES string of the molecule is CCCSc1nc(N2CCCC2)c2cnn(CCNC(=O)c3ccc(C(F)(F)F)cc3)c2n1. The third-order valence-electron chi connectivity index (χ3n) is 5.38. The standard InChI is InChI=1S/C22H25F3N6OS/c1-2-13-33-21-28-18(30-10-3-4-11-30)17-14-27-31(19(17)29-21)12-9-26-20(32)15-5-7-16(8-6-15)22(23,24)25/h5-8,14H,2-4,9-13H2,1H3,(H,26,32). The van der Waals surface area contributed by atoms with E-state index in [0.717, 1.165) is 61.4 Å². The summed E-state index contributed by atoms with van der Waals surface area (Å²) in [7, 11) is 0. The number of hydrogen-bond acceptors (Lipinski definition) is 6. The second-order valence-electron chi connectivity index (χ2n) is 7.81. The highest BCUT2D eigenvalue weighted by Gasteiger charge is 2.30. The number of fused-ring (bicyclic) bond motifs is 1. The van der Waals surface area contributed by atoms with Crippen LogP contribution in [0.4, 0.5) is 19.0 Å². The number of anilines is 1. The Morgan fingerprint density at radius 2 is 1.88 bits per heavy atom. The van der Waals surface area contributed by atoms with Gasteiger partial charge in [-0.3, -0.25) is 4.79 Å². The largest absolute Gasteiger partial charge is 0.416 e. The molecule has 3 aromatic rings. The van der Waals surface area contributed by atoms with Gasteiger partial charge in [0.05, 0.1) is 23.7 Å². The summed E-state index contributed by atoms with van der Waals surface area (Å²) in [6.45, 7) is 4.66. The lowest BCUT2D eigenvalue weighted by Gasteiger charge is -2.18. The van der Waals surface area contributed by atoms with E-state index in [4.69, 9.17) is 9.97 Å². The Bertz CT molecular complexity index is 1110. The van der Waals surface area contributed by atoms with Crippen LogP contribution < -0.4 is 10.2 Å². The molecule has 1 N–H and O–H groups in total. The van der Waals surface area contributed by atoms with Crippen molar-refractivity contribution in [1.82, 2.24) is 25.1 Å². The Morgan fingerprint density at radius 3 is 2.55 bits per heavy atom. The molecule has 0 saturated carbocycles. The highest BCUT2D eigenvalue weighted by atomic mass is 32.2. The first kappa shape index (κ1) is 23.3. The Kier molecular flexibility index (Phi) is 7.06. The lowest BCUT2D eigenvalue weighted by molar-refractivity contribution is -0.137. The van der Waals surface area contributed by atoms with Gasteiger partial charge in [-0.25, -0.2) is 14.6 Å². The number of aromatic nitrogens is 4.